The number of rotatable bonds is 18. The molecule has 3 amide bonds. The summed E-state index contributed by atoms with van der Waals surface area (Å²) in [6, 6.07) is 23.3. The van der Waals surface area contributed by atoms with Crippen molar-refractivity contribution in [1.29, 1.82) is 0 Å². The first-order valence-electron chi connectivity index (χ1n) is 17.3. The maximum atomic E-state index is 13.7. The lowest BCUT2D eigenvalue weighted by atomic mass is 9.85. The zero-order chi connectivity index (χ0) is 37.0. The van der Waals surface area contributed by atoms with Crippen molar-refractivity contribution in [3.8, 4) is 0 Å². The Morgan fingerprint density at radius 1 is 0.740 bits per heavy atom. The highest BCUT2D eigenvalue weighted by atomic mass is 32.2. The number of hydrogen-bond donors (Lipinski definition) is 4. The van der Waals surface area contributed by atoms with Crippen LogP contribution in [-0.2, 0) is 31.9 Å². The van der Waals surface area contributed by atoms with Gasteiger partial charge in [-0.2, -0.15) is 0 Å². The summed E-state index contributed by atoms with van der Waals surface area (Å²) in [5, 5.41) is 20.3. The van der Waals surface area contributed by atoms with Crippen molar-refractivity contribution < 1.29 is 27.9 Å². The van der Waals surface area contributed by atoms with Crippen molar-refractivity contribution in [2.45, 2.75) is 84.9 Å². The van der Waals surface area contributed by atoms with Crippen LogP contribution in [0.15, 0.2) is 84.9 Å². The van der Waals surface area contributed by atoms with Gasteiger partial charge in [-0.15, -0.1) is 0 Å². The molecule has 0 saturated heterocycles. The van der Waals surface area contributed by atoms with Crippen molar-refractivity contribution in [3.63, 3.8) is 0 Å². The number of benzene rings is 3. The fraction of sp³-hybridized carbons (Fsp3) is 0.462. The van der Waals surface area contributed by atoms with E-state index in [-0.39, 0.29) is 47.3 Å². The average molecular weight is 707 g/mol. The van der Waals surface area contributed by atoms with Crippen molar-refractivity contribution >= 4 is 33.4 Å². The van der Waals surface area contributed by atoms with Crippen LogP contribution in [0.5, 0.6) is 0 Å². The van der Waals surface area contributed by atoms with Crippen LogP contribution in [0, 0.1) is 23.7 Å². The Hall–Kier alpha value is -4.22. The Bertz CT molecular complexity index is 1650. The van der Waals surface area contributed by atoms with Crippen LogP contribution in [0.25, 0.3) is 0 Å². The van der Waals surface area contributed by atoms with Gasteiger partial charge in [0, 0.05) is 25.1 Å². The fourth-order valence-electron chi connectivity index (χ4n) is 5.75. The van der Waals surface area contributed by atoms with E-state index in [9.17, 15) is 27.9 Å². The molecule has 50 heavy (non-hydrogen) atoms. The second-order valence-electron chi connectivity index (χ2n) is 14.1. The van der Waals surface area contributed by atoms with Crippen molar-refractivity contribution in [1.82, 2.24) is 16.0 Å². The van der Waals surface area contributed by atoms with E-state index in [2.05, 4.69) is 16.0 Å². The van der Waals surface area contributed by atoms with Crippen molar-refractivity contribution in [2.75, 3.05) is 11.4 Å². The highest BCUT2D eigenvalue weighted by Crippen LogP contribution is 2.24. The van der Waals surface area contributed by atoms with E-state index in [0.29, 0.717) is 24.2 Å². The summed E-state index contributed by atoms with van der Waals surface area (Å²) in [5.41, 5.74) is 2.17. The molecule has 0 radical (unpaired) electrons. The summed E-state index contributed by atoms with van der Waals surface area (Å²) in [4.78, 5) is 40.3. The standard InChI is InChI=1S/C39H54N4O6S/c1-26(2)21-34(41-37(45)31-19-14-20-32(22-31)43(7)50(48,49)25-30-17-12-9-13-18-30)35(44)23-33(27(3)4)38(46)42-36(28(5)6)39(47)40-24-29-15-10-8-11-16-29/h8-20,22,26-28,33-36,44H,21,23-25H2,1-7H3,(H,40,47)(H,41,45)(H,42,46)/t33-,34-,35-,36-/m0/s1. The SMILES string of the molecule is CC(C)C[C@H](NC(=O)c1cccc(N(C)S(=O)(=O)Cc2ccccc2)c1)[C@@H](O)C[C@H](C(=O)N[C@H](C(=O)NCc1ccccc1)C(C)C)C(C)C. The van der Waals surface area contributed by atoms with Crippen LogP contribution in [0.4, 0.5) is 5.69 Å². The zero-order valence-corrected chi connectivity index (χ0v) is 31.1. The molecule has 0 saturated carbocycles. The van der Waals surface area contributed by atoms with Gasteiger partial charge >= 0.3 is 0 Å². The number of nitrogens with one attached hydrogen (secondary N) is 3. The van der Waals surface area contributed by atoms with E-state index >= 15 is 0 Å². The monoisotopic (exact) mass is 706 g/mol. The molecule has 4 N–H and O–H groups in total. The molecule has 3 rings (SSSR count). The molecule has 0 bridgehead atoms. The number of sulfonamides is 1. The van der Waals surface area contributed by atoms with Crippen molar-refractivity contribution in [2.24, 2.45) is 23.7 Å². The average Bonchev–Trinajstić information content (AvgIpc) is 3.07. The van der Waals surface area contributed by atoms with E-state index < -0.39 is 40.0 Å². The molecule has 3 aromatic carbocycles. The molecule has 0 aromatic heterocycles. The molecule has 0 fully saturated rings. The Morgan fingerprint density at radius 2 is 1.34 bits per heavy atom. The van der Waals surface area contributed by atoms with E-state index in [1.165, 1.54) is 13.1 Å². The van der Waals surface area contributed by atoms with Gasteiger partial charge in [0.05, 0.1) is 23.6 Å². The maximum Gasteiger partial charge on any atom is 0.251 e. The number of hydrogen-bond acceptors (Lipinski definition) is 6. The summed E-state index contributed by atoms with van der Waals surface area (Å²) >= 11 is 0. The molecule has 4 atom stereocenters. The van der Waals surface area contributed by atoms with Gasteiger partial charge in [-0.3, -0.25) is 18.7 Å². The Morgan fingerprint density at radius 3 is 1.90 bits per heavy atom. The lowest BCUT2D eigenvalue weighted by Crippen LogP contribution is -2.52. The number of amides is 3. The first-order valence-corrected chi connectivity index (χ1v) is 18.9. The minimum absolute atomic E-state index is 0.0676. The van der Waals surface area contributed by atoms with E-state index in [1.807, 2.05) is 77.9 Å². The molecule has 0 heterocycles. The smallest absolute Gasteiger partial charge is 0.251 e. The van der Waals surface area contributed by atoms with Gasteiger partial charge in [-0.1, -0.05) is 108 Å². The zero-order valence-electron chi connectivity index (χ0n) is 30.3. The molecular weight excluding hydrogens is 653 g/mol. The molecule has 3 aromatic rings. The van der Waals surface area contributed by atoms with Crippen LogP contribution in [-0.4, -0.2) is 56.5 Å². The molecule has 0 unspecified atom stereocenters. The van der Waals surface area contributed by atoms with Crippen LogP contribution in [0.3, 0.4) is 0 Å². The fourth-order valence-corrected chi connectivity index (χ4v) is 7.00. The normalized spacial score (nSPS) is 14.1. The van der Waals surface area contributed by atoms with Crippen LogP contribution in [0.2, 0.25) is 0 Å². The number of nitrogens with zero attached hydrogens (tertiary/aromatic N) is 1. The Kier molecular flexibility index (Phi) is 15.0. The minimum atomic E-state index is -3.73. The van der Waals surface area contributed by atoms with Gasteiger partial charge in [-0.25, -0.2) is 8.42 Å². The summed E-state index contributed by atoms with van der Waals surface area (Å²) < 4.78 is 27.5. The molecule has 0 aliphatic carbocycles. The predicted octanol–water partition coefficient (Wildman–Crippen LogP) is 5.28. The number of carbonyl (C=O) groups excluding carboxylic acids is 3. The van der Waals surface area contributed by atoms with E-state index in [0.717, 1.165) is 9.87 Å². The topological polar surface area (TPSA) is 145 Å². The number of carbonyl (C=O) groups is 3. The Balaban J connectivity index is 1.71. The highest BCUT2D eigenvalue weighted by molar-refractivity contribution is 7.92. The lowest BCUT2D eigenvalue weighted by Gasteiger charge is -2.31. The second kappa shape index (κ2) is 18.7. The van der Waals surface area contributed by atoms with Gasteiger partial charge in [0.1, 0.15) is 6.04 Å². The number of aliphatic hydroxyl groups excluding tert-OH is 1. The summed E-state index contributed by atoms with van der Waals surface area (Å²) in [6.07, 6.45) is -0.556. The largest absolute Gasteiger partial charge is 0.391 e. The predicted molar refractivity (Wildman–Crippen MR) is 199 cm³/mol. The number of aliphatic hydroxyl groups is 1. The van der Waals surface area contributed by atoms with Gasteiger partial charge in [0.25, 0.3) is 5.91 Å². The Labute approximate surface area is 298 Å². The third-order valence-corrected chi connectivity index (χ3v) is 10.5. The van der Waals surface area contributed by atoms with E-state index in [1.54, 1.807) is 42.5 Å². The minimum Gasteiger partial charge on any atom is -0.391 e. The maximum absolute atomic E-state index is 13.7. The quantitative estimate of drug-likeness (QED) is 0.142. The molecule has 0 aliphatic rings. The first kappa shape index (κ1) is 40.2. The third kappa shape index (κ3) is 12.0. The first-order chi connectivity index (χ1) is 23.6. The van der Waals surface area contributed by atoms with Crippen LogP contribution >= 0.6 is 0 Å². The van der Waals surface area contributed by atoms with Gasteiger partial charge < -0.3 is 21.1 Å². The highest BCUT2D eigenvalue weighted by Gasteiger charge is 2.33. The molecule has 272 valence electrons. The van der Waals surface area contributed by atoms with Crippen LogP contribution in [0.1, 0.15) is 75.9 Å². The van der Waals surface area contributed by atoms with Crippen LogP contribution < -0.4 is 20.3 Å². The number of anilines is 1. The summed E-state index contributed by atoms with van der Waals surface area (Å²) in [5.74, 6) is -2.14. The van der Waals surface area contributed by atoms with Crippen molar-refractivity contribution in [3.05, 3.63) is 102 Å². The van der Waals surface area contributed by atoms with Gasteiger partial charge in [0.2, 0.25) is 21.8 Å². The summed E-state index contributed by atoms with van der Waals surface area (Å²) in [7, 11) is -2.28. The second-order valence-corrected chi connectivity index (χ2v) is 16.1. The van der Waals surface area contributed by atoms with Gasteiger partial charge in [0.15, 0.2) is 0 Å². The lowest BCUT2D eigenvalue weighted by molar-refractivity contribution is -0.133. The molecular formula is C39H54N4O6S. The van der Waals surface area contributed by atoms with Gasteiger partial charge in [-0.05, 0) is 59.9 Å². The van der Waals surface area contributed by atoms with E-state index in [4.69, 9.17) is 0 Å². The molecule has 0 spiro atoms. The third-order valence-electron chi connectivity index (χ3n) is 8.78. The molecule has 0 aliphatic heterocycles. The molecule has 10 nitrogen and oxygen atoms in total. The molecule has 11 heteroatoms. The summed E-state index contributed by atoms with van der Waals surface area (Å²) in [6.45, 7) is 11.8.